The maximum atomic E-state index is 12.5. The maximum absolute atomic E-state index is 12.5. The van der Waals surface area contributed by atoms with Gasteiger partial charge in [0.2, 0.25) is 0 Å². The van der Waals surface area contributed by atoms with Crippen LogP contribution in [0.2, 0.25) is 0 Å². The molecule has 1 aromatic heterocycles. The predicted molar refractivity (Wildman–Crippen MR) is 114 cm³/mol. The van der Waals surface area contributed by atoms with E-state index in [1.807, 2.05) is 24.3 Å². The number of methoxy groups -OCH3 is 2. The van der Waals surface area contributed by atoms with E-state index in [1.54, 1.807) is 14.2 Å². The van der Waals surface area contributed by atoms with E-state index in [4.69, 9.17) is 18.6 Å². The number of fused-ring (bicyclic) bond motifs is 5. The van der Waals surface area contributed by atoms with Crippen molar-refractivity contribution in [1.82, 2.24) is 4.90 Å². The van der Waals surface area contributed by atoms with Crippen LogP contribution in [-0.4, -0.2) is 32.4 Å². The molecule has 2 heterocycles. The molecule has 2 aliphatic rings. The Morgan fingerprint density at radius 2 is 1.83 bits per heavy atom. The molecule has 3 aromatic rings. The first-order valence-corrected chi connectivity index (χ1v) is 10.3. The van der Waals surface area contributed by atoms with E-state index in [0.717, 1.165) is 71.6 Å². The number of ether oxygens (including phenoxy) is 3. The molecule has 2 aromatic carbocycles. The van der Waals surface area contributed by atoms with Gasteiger partial charge < -0.3 is 18.6 Å². The quantitative estimate of drug-likeness (QED) is 0.601. The minimum absolute atomic E-state index is 0.189. The standard InChI is InChI=1S/C24H25NO5/c1-27-21-8-6-15(12-22(21)28-2)10-11-25-13-19-20(29-14-25)9-7-17-16-4-3-5-18(16)24(26)30-23(17)19/h6-9,12H,3-5,10-11,13-14H2,1-2H3. The van der Waals surface area contributed by atoms with Crippen molar-refractivity contribution in [1.29, 1.82) is 0 Å². The Balaban J connectivity index is 1.39. The van der Waals surface area contributed by atoms with E-state index >= 15 is 0 Å². The van der Waals surface area contributed by atoms with Crippen molar-refractivity contribution in [2.45, 2.75) is 32.2 Å². The summed E-state index contributed by atoms with van der Waals surface area (Å²) < 4.78 is 22.5. The zero-order valence-corrected chi connectivity index (χ0v) is 17.3. The summed E-state index contributed by atoms with van der Waals surface area (Å²) in [6.07, 6.45) is 3.63. The average molecular weight is 407 g/mol. The van der Waals surface area contributed by atoms with E-state index < -0.39 is 0 Å². The first-order chi connectivity index (χ1) is 14.7. The maximum Gasteiger partial charge on any atom is 0.339 e. The highest BCUT2D eigenvalue weighted by Gasteiger charge is 2.25. The van der Waals surface area contributed by atoms with Crippen LogP contribution >= 0.6 is 0 Å². The first-order valence-electron chi connectivity index (χ1n) is 10.3. The zero-order valence-electron chi connectivity index (χ0n) is 17.3. The number of rotatable bonds is 5. The Bertz CT molecular complexity index is 1170. The van der Waals surface area contributed by atoms with Crippen LogP contribution in [0.25, 0.3) is 11.0 Å². The Labute approximate surface area is 175 Å². The molecular weight excluding hydrogens is 382 g/mol. The molecule has 0 amide bonds. The summed E-state index contributed by atoms with van der Waals surface area (Å²) >= 11 is 0. The van der Waals surface area contributed by atoms with Crippen molar-refractivity contribution in [3.8, 4) is 17.2 Å². The highest BCUT2D eigenvalue weighted by atomic mass is 16.5. The Hall–Kier alpha value is -2.99. The van der Waals surface area contributed by atoms with Gasteiger partial charge in [-0.05, 0) is 61.1 Å². The van der Waals surface area contributed by atoms with E-state index in [1.165, 1.54) is 5.56 Å². The third-order valence-electron chi connectivity index (χ3n) is 6.15. The van der Waals surface area contributed by atoms with Crippen LogP contribution in [0, 0.1) is 0 Å². The first kappa shape index (κ1) is 19.0. The molecule has 0 bridgehead atoms. The van der Waals surface area contributed by atoms with E-state index in [2.05, 4.69) is 11.0 Å². The normalized spacial score (nSPS) is 15.5. The van der Waals surface area contributed by atoms with Crippen molar-refractivity contribution in [2.75, 3.05) is 27.5 Å². The Kier molecular flexibility index (Phi) is 4.87. The van der Waals surface area contributed by atoms with E-state index in [-0.39, 0.29) is 5.63 Å². The molecule has 30 heavy (non-hydrogen) atoms. The largest absolute Gasteiger partial charge is 0.493 e. The lowest BCUT2D eigenvalue weighted by Gasteiger charge is -2.29. The number of hydrogen-bond acceptors (Lipinski definition) is 6. The van der Waals surface area contributed by atoms with Gasteiger partial charge in [0.15, 0.2) is 11.5 Å². The summed E-state index contributed by atoms with van der Waals surface area (Å²) in [7, 11) is 3.28. The van der Waals surface area contributed by atoms with Gasteiger partial charge >= 0.3 is 5.63 Å². The van der Waals surface area contributed by atoms with E-state index in [9.17, 15) is 4.79 Å². The van der Waals surface area contributed by atoms with Crippen LogP contribution in [0.1, 0.15) is 28.7 Å². The van der Waals surface area contributed by atoms with Crippen LogP contribution in [0.4, 0.5) is 0 Å². The van der Waals surface area contributed by atoms with Crippen LogP contribution in [0.3, 0.4) is 0 Å². The summed E-state index contributed by atoms with van der Waals surface area (Å²) in [6.45, 7) is 2.03. The molecule has 1 aliphatic heterocycles. The molecule has 0 radical (unpaired) electrons. The summed E-state index contributed by atoms with van der Waals surface area (Å²) in [5, 5.41) is 1.06. The molecule has 5 rings (SSSR count). The number of nitrogens with zero attached hydrogens (tertiary/aromatic N) is 1. The molecule has 0 atom stereocenters. The molecular formula is C24H25NO5. The van der Waals surface area contributed by atoms with Gasteiger partial charge in [0.1, 0.15) is 18.1 Å². The van der Waals surface area contributed by atoms with Gasteiger partial charge in [0, 0.05) is 24.0 Å². The van der Waals surface area contributed by atoms with Gasteiger partial charge in [0.25, 0.3) is 0 Å². The smallest absolute Gasteiger partial charge is 0.339 e. The molecule has 6 heteroatoms. The molecule has 0 N–H and O–H groups in total. The van der Waals surface area contributed by atoms with Crippen molar-refractivity contribution in [3.05, 3.63) is 63.0 Å². The second-order valence-electron chi connectivity index (χ2n) is 7.88. The molecule has 0 fully saturated rings. The zero-order chi connectivity index (χ0) is 20.7. The van der Waals surface area contributed by atoms with Gasteiger partial charge in [-0.3, -0.25) is 4.90 Å². The minimum atomic E-state index is -0.189. The van der Waals surface area contributed by atoms with Crippen molar-refractivity contribution < 1.29 is 18.6 Å². The molecule has 1 aliphatic carbocycles. The molecule has 6 nitrogen and oxygen atoms in total. The molecule has 0 unspecified atom stereocenters. The van der Waals surface area contributed by atoms with Crippen LogP contribution in [0.15, 0.2) is 39.5 Å². The SMILES string of the molecule is COc1ccc(CCN2COc3ccc4c5c(c(=O)oc4c3C2)CCC5)cc1OC. The lowest BCUT2D eigenvalue weighted by molar-refractivity contribution is 0.0967. The Morgan fingerprint density at radius 1 is 1.00 bits per heavy atom. The van der Waals surface area contributed by atoms with Gasteiger partial charge in [0.05, 0.1) is 19.8 Å². The topological polar surface area (TPSA) is 61.1 Å². The summed E-state index contributed by atoms with van der Waals surface area (Å²) in [5.74, 6) is 2.27. The second kappa shape index (κ2) is 7.69. The van der Waals surface area contributed by atoms with Gasteiger partial charge in [-0.15, -0.1) is 0 Å². The third kappa shape index (κ3) is 3.21. The second-order valence-corrected chi connectivity index (χ2v) is 7.88. The summed E-state index contributed by atoms with van der Waals surface area (Å²) in [4.78, 5) is 14.7. The number of benzene rings is 2. The van der Waals surface area contributed by atoms with Crippen LogP contribution in [-0.2, 0) is 25.8 Å². The lowest BCUT2D eigenvalue weighted by Crippen LogP contribution is -2.33. The average Bonchev–Trinajstić information content (AvgIpc) is 3.28. The highest BCUT2D eigenvalue weighted by molar-refractivity contribution is 5.86. The molecule has 0 spiro atoms. The third-order valence-corrected chi connectivity index (χ3v) is 6.15. The van der Waals surface area contributed by atoms with Crippen LogP contribution < -0.4 is 19.8 Å². The summed E-state index contributed by atoms with van der Waals surface area (Å²) in [5.41, 5.74) is 4.65. The van der Waals surface area contributed by atoms with Crippen molar-refractivity contribution in [2.24, 2.45) is 0 Å². The van der Waals surface area contributed by atoms with Gasteiger partial charge in [-0.2, -0.15) is 0 Å². The fraction of sp³-hybridized carbons (Fsp3) is 0.375. The molecule has 156 valence electrons. The number of aryl methyl sites for hydroxylation is 1. The highest BCUT2D eigenvalue weighted by Crippen LogP contribution is 2.36. The fourth-order valence-electron chi connectivity index (χ4n) is 4.57. The molecule has 0 saturated carbocycles. The van der Waals surface area contributed by atoms with Crippen LogP contribution in [0.5, 0.6) is 17.2 Å². The van der Waals surface area contributed by atoms with Gasteiger partial charge in [-0.1, -0.05) is 6.07 Å². The number of hydrogen-bond donors (Lipinski definition) is 0. The van der Waals surface area contributed by atoms with Gasteiger partial charge in [-0.25, -0.2) is 4.79 Å². The molecule has 0 saturated heterocycles. The monoisotopic (exact) mass is 407 g/mol. The predicted octanol–water partition coefficient (Wildman–Crippen LogP) is 3.69. The van der Waals surface area contributed by atoms with E-state index in [0.29, 0.717) is 18.9 Å². The van der Waals surface area contributed by atoms with Crippen molar-refractivity contribution >= 4 is 11.0 Å². The van der Waals surface area contributed by atoms with Crippen molar-refractivity contribution in [3.63, 3.8) is 0 Å². The Morgan fingerprint density at radius 3 is 2.67 bits per heavy atom. The fourth-order valence-corrected chi connectivity index (χ4v) is 4.57. The lowest BCUT2D eigenvalue weighted by atomic mass is 10.0. The minimum Gasteiger partial charge on any atom is -0.493 e. The summed E-state index contributed by atoms with van der Waals surface area (Å²) in [6, 6.07) is 10.1.